The second-order valence-electron chi connectivity index (χ2n) is 5.15. The lowest BCUT2D eigenvalue weighted by molar-refractivity contribution is 0.432. The van der Waals surface area contributed by atoms with Gasteiger partial charge in [-0.1, -0.05) is 23.7 Å². The third-order valence-electron chi connectivity index (χ3n) is 3.27. The van der Waals surface area contributed by atoms with Gasteiger partial charge in [0.25, 0.3) is 0 Å². The minimum Gasteiger partial charge on any atom is -0.505 e. The standard InChI is InChI=1S/C17H20ClFN4O.HI/c1-2-20-17(21-8-7-12-4-6-16(18)22-10-12)23-11-13-3-5-15(24)14(19)9-13;/h3-6,9-10,24H,2,7-8,11H2,1H3,(H2,20,21,23);1H. The van der Waals surface area contributed by atoms with Gasteiger partial charge < -0.3 is 15.7 Å². The molecule has 0 saturated carbocycles. The summed E-state index contributed by atoms with van der Waals surface area (Å²) in [6.45, 7) is 3.69. The molecule has 0 bridgehead atoms. The summed E-state index contributed by atoms with van der Waals surface area (Å²) < 4.78 is 13.3. The number of aromatic nitrogens is 1. The molecule has 3 N–H and O–H groups in total. The second kappa shape index (κ2) is 11.1. The fourth-order valence-corrected chi connectivity index (χ4v) is 2.15. The van der Waals surface area contributed by atoms with Gasteiger partial charge in [-0.3, -0.25) is 0 Å². The number of guanidine groups is 1. The molecule has 1 aromatic heterocycles. The molecular formula is C17H21ClFIN4O. The van der Waals surface area contributed by atoms with E-state index < -0.39 is 5.82 Å². The molecule has 136 valence electrons. The summed E-state index contributed by atoms with van der Waals surface area (Å²) in [6, 6.07) is 7.94. The molecule has 0 spiro atoms. The van der Waals surface area contributed by atoms with Crippen LogP contribution in [-0.2, 0) is 13.0 Å². The average molecular weight is 479 g/mol. The highest BCUT2D eigenvalue weighted by molar-refractivity contribution is 14.0. The number of halogens is 3. The van der Waals surface area contributed by atoms with Crippen LogP contribution in [0.5, 0.6) is 5.75 Å². The van der Waals surface area contributed by atoms with E-state index in [0.29, 0.717) is 29.8 Å². The Labute approximate surface area is 168 Å². The third-order valence-corrected chi connectivity index (χ3v) is 3.49. The van der Waals surface area contributed by atoms with E-state index in [0.717, 1.165) is 18.5 Å². The Kier molecular flexibility index (Phi) is 9.51. The van der Waals surface area contributed by atoms with E-state index in [1.165, 1.54) is 12.1 Å². The summed E-state index contributed by atoms with van der Waals surface area (Å²) >= 11 is 5.76. The molecule has 0 aliphatic carbocycles. The molecule has 0 amide bonds. The molecule has 0 saturated heterocycles. The van der Waals surface area contributed by atoms with E-state index in [2.05, 4.69) is 20.6 Å². The zero-order valence-electron chi connectivity index (χ0n) is 13.8. The summed E-state index contributed by atoms with van der Waals surface area (Å²) in [7, 11) is 0. The van der Waals surface area contributed by atoms with Gasteiger partial charge in [0.05, 0.1) is 6.54 Å². The van der Waals surface area contributed by atoms with Gasteiger partial charge in [-0.2, -0.15) is 0 Å². The van der Waals surface area contributed by atoms with E-state index >= 15 is 0 Å². The van der Waals surface area contributed by atoms with Crippen molar-refractivity contribution in [3.8, 4) is 5.75 Å². The maximum absolute atomic E-state index is 13.3. The van der Waals surface area contributed by atoms with Crippen molar-refractivity contribution in [1.82, 2.24) is 15.6 Å². The van der Waals surface area contributed by atoms with Crippen LogP contribution in [0.25, 0.3) is 0 Å². The summed E-state index contributed by atoms with van der Waals surface area (Å²) in [4.78, 5) is 8.45. The maximum atomic E-state index is 13.3. The third kappa shape index (κ3) is 7.43. The number of nitrogens with one attached hydrogen (secondary N) is 2. The highest BCUT2D eigenvalue weighted by atomic mass is 127. The van der Waals surface area contributed by atoms with Crippen LogP contribution in [-0.4, -0.2) is 29.1 Å². The quantitative estimate of drug-likeness (QED) is 0.257. The van der Waals surface area contributed by atoms with Gasteiger partial charge >= 0.3 is 0 Å². The van der Waals surface area contributed by atoms with Crippen LogP contribution in [0.4, 0.5) is 4.39 Å². The van der Waals surface area contributed by atoms with Crippen molar-refractivity contribution >= 4 is 41.5 Å². The lowest BCUT2D eigenvalue weighted by Crippen LogP contribution is -2.38. The van der Waals surface area contributed by atoms with E-state index in [9.17, 15) is 9.50 Å². The summed E-state index contributed by atoms with van der Waals surface area (Å²) in [6.07, 6.45) is 2.52. The van der Waals surface area contributed by atoms with Gasteiger partial charge in [-0.15, -0.1) is 24.0 Å². The molecular weight excluding hydrogens is 458 g/mol. The number of nitrogens with zero attached hydrogens (tertiary/aromatic N) is 2. The van der Waals surface area contributed by atoms with Gasteiger partial charge in [0.15, 0.2) is 17.5 Å². The molecule has 25 heavy (non-hydrogen) atoms. The normalized spacial score (nSPS) is 10.9. The summed E-state index contributed by atoms with van der Waals surface area (Å²) in [5.74, 6) is -0.354. The predicted molar refractivity (Wildman–Crippen MR) is 109 cm³/mol. The molecule has 2 aromatic rings. The van der Waals surface area contributed by atoms with Crippen molar-refractivity contribution < 1.29 is 9.50 Å². The molecule has 8 heteroatoms. The number of hydrogen-bond donors (Lipinski definition) is 3. The average Bonchev–Trinajstić information content (AvgIpc) is 2.57. The second-order valence-corrected chi connectivity index (χ2v) is 5.53. The van der Waals surface area contributed by atoms with Crippen LogP contribution in [0.3, 0.4) is 0 Å². The Morgan fingerprint density at radius 1 is 1.24 bits per heavy atom. The number of phenolic OH excluding ortho intramolecular Hbond substituents is 1. The highest BCUT2D eigenvalue weighted by Crippen LogP contribution is 2.16. The van der Waals surface area contributed by atoms with E-state index in [4.69, 9.17) is 11.6 Å². The first kappa shape index (κ1) is 21.4. The first-order valence-corrected chi connectivity index (χ1v) is 8.06. The largest absolute Gasteiger partial charge is 0.505 e. The fourth-order valence-electron chi connectivity index (χ4n) is 2.04. The van der Waals surface area contributed by atoms with Crippen LogP contribution in [0.1, 0.15) is 18.1 Å². The molecule has 1 aromatic carbocycles. The molecule has 0 aliphatic rings. The number of pyridine rings is 1. The molecule has 2 rings (SSSR count). The topological polar surface area (TPSA) is 69.5 Å². The minimum absolute atomic E-state index is 0. The summed E-state index contributed by atoms with van der Waals surface area (Å²) in [5, 5.41) is 16.0. The van der Waals surface area contributed by atoms with Gasteiger partial charge in [0, 0.05) is 19.3 Å². The van der Waals surface area contributed by atoms with Crippen LogP contribution < -0.4 is 10.6 Å². The summed E-state index contributed by atoms with van der Waals surface area (Å²) in [5.41, 5.74) is 1.76. The van der Waals surface area contributed by atoms with Gasteiger partial charge in [0.1, 0.15) is 5.15 Å². The van der Waals surface area contributed by atoms with Crippen molar-refractivity contribution in [3.05, 3.63) is 58.6 Å². The van der Waals surface area contributed by atoms with E-state index in [1.807, 2.05) is 13.0 Å². The van der Waals surface area contributed by atoms with Crippen molar-refractivity contribution in [2.45, 2.75) is 19.9 Å². The fraction of sp³-hybridized carbons (Fsp3) is 0.294. The Bertz CT molecular complexity index is 698. The number of phenols is 1. The number of aliphatic imine (C=N–C) groups is 1. The molecule has 5 nitrogen and oxygen atoms in total. The molecule has 0 radical (unpaired) electrons. The molecule has 0 aliphatic heterocycles. The minimum atomic E-state index is -0.643. The molecule has 0 atom stereocenters. The first-order valence-electron chi connectivity index (χ1n) is 7.68. The van der Waals surface area contributed by atoms with Crippen LogP contribution in [0.2, 0.25) is 5.15 Å². The maximum Gasteiger partial charge on any atom is 0.191 e. The number of hydrogen-bond acceptors (Lipinski definition) is 3. The monoisotopic (exact) mass is 478 g/mol. The first-order chi connectivity index (χ1) is 11.6. The van der Waals surface area contributed by atoms with Crippen LogP contribution in [0.15, 0.2) is 41.5 Å². The Morgan fingerprint density at radius 2 is 2.00 bits per heavy atom. The van der Waals surface area contributed by atoms with Gasteiger partial charge in [-0.05, 0) is 42.7 Å². The Balaban J connectivity index is 0.00000312. The van der Waals surface area contributed by atoms with E-state index in [-0.39, 0.29) is 29.7 Å². The van der Waals surface area contributed by atoms with Crippen molar-refractivity contribution in [2.75, 3.05) is 13.1 Å². The zero-order valence-corrected chi connectivity index (χ0v) is 16.9. The lowest BCUT2D eigenvalue weighted by Gasteiger charge is -2.11. The van der Waals surface area contributed by atoms with Crippen LogP contribution in [0, 0.1) is 5.82 Å². The number of aromatic hydroxyl groups is 1. The zero-order chi connectivity index (χ0) is 17.4. The predicted octanol–water partition coefficient (Wildman–Crippen LogP) is 3.50. The van der Waals surface area contributed by atoms with Crippen molar-refractivity contribution in [2.24, 2.45) is 4.99 Å². The van der Waals surface area contributed by atoms with Crippen LogP contribution >= 0.6 is 35.6 Å². The number of rotatable bonds is 6. The van der Waals surface area contributed by atoms with Crippen molar-refractivity contribution in [1.29, 1.82) is 0 Å². The molecule has 1 heterocycles. The van der Waals surface area contributed by atoms with Gasteiger partial charge in [-0.25, -0.2) is 14.4 Å². The smallest absolute Gasteiger partial charge is 0.191 e. The Hall–Kier alpha value is -1.61. The number of benzene rings is 1. The van der Waals surface area contributed by atoms with E-state index in [1.54, 1.807) is 18.3 Å². The lowest BCUT2D eigenvalue weighted by atomic mass is 10.2. The molecule has 0 unspecified atom stereocenters. The highest BCUT2D eigenvalue weighted by Gasteiger charge is 2.02. The SMILES string of the molecule is CCNC(=NCc1ccc(O)c(F)c1)NCCc1ccc(Cl)nc1.I. The van der Waals surface area contributed by atoms with Crippen molar-refractivity contribution in [3.63, 3.8) is 0 Å². The molecule has 0 fully saturated rings. The Morgan fingerprint density at radius 3 is 2.64 bits per heavy atom. The van der Waals surface area contributed by atoms with Gasteiger partial charge in [0.2, 0.25) is 0 Å².